The van der Waals surface area contributed by atoms with Gasteiger partial charge in [0.05, 0.1) is 27.7 Å². The lowest BCUT2D eigenvalue weighted by Gasteiger charge is -2.49. The summed E-state index contributed by atoms with van der Waals surface area (Å²) in [5.41, 5.74) is 7.67. The molecule has 0 radical (unpaired) electrons. The van der Waals surface area contributed by atoms with Crippen molar-refractivity contribution in [2.24, 2.45) is 5.73 Å². The highest BCUT2D eigenvalue weighted by Crippen LogP contribution is 2.41. The number of rotatable bonds is 12. The van der Waals surface area contributed by atoms with Gasteiger partial charge in [-0.25, -0.2) is 9.59 Å². The molecule has 4 rings (SSSR count). The summed E-state index contributed by atoms with van der Waals surface area (Å²) >= 11 is 1.42. The first-order valence-corrected chi connectivity index (χ1v) is 14.3. The molecular formula is C30H35N4O7S+. The number of esters is 1. The molecule has 2 heterocycles. The van der Waals surface area contributed by atoms with Gasteiger partial charge in [-0.1, -0.05) is 48.5 Å². The molecule has 11 nitrogen and oxygen atoms in total. The summed E-state index contributed by atoms with van der Waals surface area (Å²) in [6.07, 6.45) is 2.90. The quantitative estimate of drug-likeness (QED) is 0.217. The molecule has 2 aromatic carbocycles. The Balaban J connectivity index is 1.48. The number of allylic oxidation sites excluding steroid dienone is 1. The van der Waals surface area contributed by atoms with Crippen LogP contribution in [0.15, 0.2) is 78.0 Å². The number of amides is 3. The number of nitrogens with two attached hydrogens (primary N) is 1. The van der Waals surface area contributed by atoms with E-state index < -0.39 is 35.3 Å². The van der Waals surface area contributed by atoms with Crippen LogP contribution in [0.3, 0.4) is 0 Å². The van der Waals surface area contributed by atoms with E-state index in [-0.39, 0.29) is 25.5 Å². The van der Waals surface area contributed by atoms with Crippen LogP contribution in [0.1, 0.15) is 11.1 Å². The van der Waals surface area contributed by atoms with Crippen LogP contribution in [-0.4, -0.2) is 84.7 Å². The van der Waals surface area contributed by atoms with Gasteiger partial charge in [-0.3, -0.25) is 14.5 Å². The van der Waals surface area contributed by atoms with Gasteiger partial charge in [-0.05, 0) is 34.9 Å². The lowest BCUT2D eigenvalue weighted by molar-refractivity contribution is -0.876. The monoisotopic (exact) mass is 595 g/mol. The summed E-state index contributed by atoms with van der Waals surface area (Å²) < 4.78 is 16.4. The maximum Gasteiger partial charge on any atom is 0.408 e. The van der Waals surface area contributed by atoms with Gasteiger partial charge in [0.25, 0.3) is 11.8 Å². The Morgan fingerprint density at radius 2 is 1.71 bits per heavy atom. The van der Waals surface area contributed by atoms with E-state index in [0.717, 1.165) is 11.1 Å². The van der Waals surface area contributed by atoms with Crippen LogP contribution >= 0.6 is 11.8 Å². The Bertz CT molecular complexity index is 1380. The van der Waals surface area contributed by atoms with Gasteiger partial charge < -0.3 is 29.7 Å². The number of primary amides is 1. The molecule has 2 aromatic rings. The molecule has 1 fully saturated rings. The van der Waals surface area contributed by atoms with Crippen LogP contribution in [0, 0.1) is 0 Å². The summed E-state index contributed by atoms with van der Waals surface area (Å²) in [5.74, 6) is -0.426. The van der Waals surface area contributed by atoms with Crippen molar-refractivity contribution in [3.8, 4) is 5.75 Å². The van der Waals surface area contributed by atoms with Crippen molar-refractivity contribution in [1.29, 1.82) is 0 Å². The molecule has 1 saturated heterocycles. The minimum absolute atomic E-state index is 0.000810. The third-order valence-corrected chi connectivity index (χ3v) is 8.01. The molecule has 12 heteroatoms. The number of alkyl carbamates (subject to hydrolysis) is 1. The molecule has 0 bridgehead atoms. The fourth-order valence-electron chi connectivity index (χ4n) is 4.56. The SMILES string of the molecule is COc1ccc(COC(=O)C2=C(C=CC[N+](C)(C)CC(N)=O)CS[C@H]3[C@H](NC(=O)OCc4ccccc4)C(=O)N23)cc1. The number of ether oxygens (including phenoxy) is 3. The molecule has 3 N–H and O–H groups in total. The zero-order valence-electron chi connectivity index (χ0n) is 23.8. The smallest absolute Gasteiger partial charge is 0.408 e. The largest absolute Gasteiger partial charge is 0.497 e. The summed E-state index contributed by atoms with van der Waals surface area (Å²) in [7, 11) is 5.30. The Morgan fingerprint density at radius 3 is 2.38 bits per heavy atom. The minimum Gasteiger partial charge on any atom is -0.497 e. The van der Waals surface area contributed by atoms with E-state index in [1.165, 1.54) is 16.7 Å². The number of fused-ring (bicyclic) bond motifs is 1. The Labute approximate surface area is 248 Å². The lowest BCUT2D eigenvalue weighted by atomic mass is 10.0. The van der Waals surface area contributed by atoms with Gasteiger partial charge in [-0.15, -0.1) is 11.8 Å². The zero-order chi connectivity index (χ0) is 30.3. The third-order valence-electron chi connectivity index (χ3n) is 6.71. The first kappa shape index (κ1) is 30.7. The summed E-state index contributed by atoms with van der Waals surface area (Å²) in [6.45, 7) is 0.687. The number of nitrogens with one attached hydrogen (secondary N) is 1. The molecule has 2 atom stereocenters. The molecule has 0 spiro atoms. The van der Waals surface area contributed by atoms with Crippen LogP contribution in [-0.2, 0) is 37.1 Å². The molecule has 0 unspecified atom stereocenters. The number of likely N-dealkylation sites (N-methyl/N-ethyl adjacent to an activating group) is 1. The van der Waals surface area contributed by atoms with E-state index in [1.54, 1.807) is 37.5 Å². The predicted molar refractivity (Wildman–Crippen MR) is 157 cm³/mol. The van der Waals surface area contributed by atoms with Gasteiger partial charge in [-0.2, -0.15) is 0 Å². The fraction of sp³-hybridized carbons (Fsp3) is 0.333. The van der Waals surface area contributed by atoms with Gasteiger partial charge in [0.2, 0.25) is 0 Å². The second-order valence-electron chi connectivity index (χ2n) is 10.5. The van der Waals surface area contributed by atoms with Crippen LogP contribution in [0.5, 0.6) is 5.75 Å². The highest BCUT2D eigenvalue weighted by molar-refractivity contribution is 8.00. The number of quaternary nitrogens is 1. The van der Waals surface area contributed by atoms with Gasteiger partial charge in [0.15, 0.2) is 6.54 Å². The lowest BCUT2D eigenvalue weighted by Crippen LogP contribution is -2.70. The van der Waals surface area contributed by atoms with E-state index in [9.17, 15) is 19.2 Å². The van der Waals surface area contributed by atoms with E-state index in [2.05, 4.69) is 5.32 Å². The van der Waals surface area contributed by atoms with Crippen LogP contribution in [0.2, 0.25) is 0 Å². The summed E-state index contributed by atoms with van der Waals surface area (Å²) in [4.78, 5) is 51.9. The molecule has 0 saturated carbocycles. The van der Waals surface area contributed by atoms with Crippen molar-refractivity contribution >= 4 is 35.6 Å². The maximum atomic E-state index is 13.4. The van der Waals surface area contributed by atoms with Crippen molar-refractivity contribution in [3.63, 3.8) is 0 Å². The number of β-lactam (4-membered cyclic amide) rings is 1. The average Bonchev–Trinajstić information content (AvgIpc) is 2.97. The van der Waals surface area contributed by atoms with Crippen molar-refractivity contribution in [2.75, 3.05) is 40.0 Å². The number of hydrogen-bond acceptors (Lipinski definition) is 8. The zero-order valence-corrected chi connectivity index (χ0v) is 24.6. The van der Waals surface area contributed by atoms with Crippen LogP contribution < -0.4 is 15.8 Å². The molecule has 2 aliphatic heterocycles. The summed E-state index contributed by atoms with van der Waals surface area (Å²) in [6, 6.07) is 15.5. The Hall–Kier alpha value is -4.29. The fourth-order valence-corrected chi connectivity index (χ4v) is 5.88. The number of carbonyl (C=O) groups excluding carboxylic acids is 4. The Kier molecular flexibility index (Phi) is 9.92. The normalized spacial score (nSPS) is 18.3. The van der Waals surface area contributed by atoms with E-state index >= 15 is 0 Å². The topological polar surface area (TPSA) is 137 Å². The first-order chi connectivity index (χ1) is 20.1. The van der Waals surface area contributed by atoms with E-state index in [0.29, 0.717) is 28.1 Å². The number of carbonyl (C=O) groups is 4. The molecule has 2 aliphatic rings. The Morgan fingerprint density at radius 1 is 1.05 bits per heavy atom. The average molecular weight is 596 g/mol. The standard InChI is InChI=1S/C30H34N4O7S/c1-34(2,16-24(31)35)15-7-10-22-19-42-28-25(32-30(38)41-18-20-8-5-4-6-9-20)27(36)33(28)26(22)29(37)40-17-21-11-13-23(39-3)14-12-21/h4-14,25,28H,15-19H2,1-3H3,(H2-,31,32,35,38)/p+1/t25-,28+/m1/s1. The van der Waals surface area contributed by atoms with Crippen molar-refractivity contribution in [1.82, 2.24) is 10.2 Å². The predicted octanol–water partition coefficient (Wildman–Crippen LogP) is 2.32. The molecule has 3 amide bonds. The number of benzene rings is 2. The highest BCUT2D eigenvalue weighted by Gasteiger charge is 2.54. The second-order valence-corrected chi connectivity index (χ2v) is 11.6. The number of nitrogens with zero attached hydrogens (tertiary/aromatic N) is 2. The minimum atomic E-state index is -0.848. The summed E-state index contributed by atoms with van der Waals surface area (Å²) in [5, 5.41) is 2.14. The van der Waals surface area contributed by atoms with E-state index in [4.69, 9.17) is 19.9 Å². The number of hydrogen-bond donors (Lipinski definition) is 2. The van der Waals surface area contributed by atoms with Crippen LogP contribution in [0.25, 0.3) is 0 Å². The molecular weight excluding hydrogens is 560 g/mol. The molecule has 0 aromatic heterocycles. The molecule has 42 heavy (non-hydrogen) atoms. The maximum absolute atomic E-state index is 13.4. The third kappa shape index (κ3) is 7.71. The van der Waals surface area contributed by atoms with Gasteiger partial charge in [0, 0.05) is 5.75 Å². The van der Waals surface area contributed by atoms with Crippen molar-refractivity contribution in [3.05, 3.63) is 89.1 Å². The second kappa shape index (κ2) is 13.6. The number of thioether (sulfide) groups is 1. The molecule has 0 aliphatic carbocycles. The van der Waals surface area contributed by atoms with Crippen molar-refractivity contribution in [2.45, 2.75) is 24.6 Å². The van der Waals surface area contributed by atoms with E-state index in [1.807, 2.05) is 50.5 Å². The molecule has 222 valence electrons. The first-order valence-electron chi connectivity index (χ1n) is 13.3. The van der Waals surface area contributed by atoms with Crippen molar-refractivity contribution < 1.29 is 37.9 Å². The highest BCUT2D eigenvalue weighted by atomic mass is 32.2. The number of methoxy groups -OCH3 is 1. The van der Waals surface area contributed by atoms with Crippen LogP contribution in [0.4, 0.5) is 4.79 Å². The van der Waals surface area contributed by atoms with Gasteiger partial charge in [0.1, 0.15) is 36.1 Å². The van der Waals surface area contributed by atoms with Gasteiger partial charge >= 0.3 is 12.1 Å².